The lowest BCUT2D eigenvalue weighted by molar-refractivity contribution is 0.771. The Bertz CT molecular complexity index is 497. The molecule has 1 heterocycles. The van der Waals surface area contributed by atoms with E-state index in [0.717, 1.165) is 17.4 Å². The van der Waals surface area contributed by atoms with Crippen LogP contribution in [0.4, 0.5) is 0 Å². The predicted octanol–water partition coefficient (Wildman–Crippen LogP) is 1.96. The summed E-state index contributed by atoms with van der Waals surface area (Å²) in [5, 5.41) is 4.32. The molecule has 2 rings (SSSR count). The van der Waals surface area contributed by atoms with Crippen molar-refractivity contribution < 1.29 is 0 Å². The van der Waals surface area contributed by atoms with Gasteiger partial charge in [-0.1, -0.05) is 18.1 Å². The lowest BCUT2D eigenvalue weighted by Gasteiger charge is -2.03. The number of nitrogens with one attached hydrogen (secondary N) is 1. The molecule has 2 nitrogen and oxygen atoms in total. The summed E-state index contributed by atoms with van der Waals surface area (Å²) >= 11 is 0. The highest BCUT2D eigenvalue weighted by Gasteiger charge is 1.95. The second-order valence-electron chi connectivity index (χ2n) is 3.34. The van der Waals surface area contributed by atoms with E-state index in [1.807, 2.05) is 12.1 Å². The van der Waals surface area contributed by atoms with E-state index in [2.05, 4.69) is 34.4 Å². The van der Waals surface area contributed by atoms with Gasteiger partial charge in [-0.2, -0.15) is 0 Å². The van der Waals surface area contributed by atoms with E-state index >= 15 is 0 Å². The maximum Gasteiger partial charge on any atom is 0.0702 e. The molecule has 0 spiro atoms. The van der Waals surface area contributed by atoms with Crippen molar-refractivity contribution >= 4 is 10.9 Å². The maximum atomic E-state index is 5.16. The van der Waals surface area contributed by atoms with E-state index in [4.69, 9.17) is 6.42 Å². The Morgan fingerprint density at radius 1 is 1.33 bits per heavy atom. The van der Waals surface area contributed by atoms with Gasteiger partial charge in [-0.3, -0.25) is 4.98 Å². The molecule has 0 amide bonds. The SMILES string of the molecule is C#CCNCc1ccc2ncccc2c1. The Morgan fingerprint density at radius 2 is 2.27 bits per heavy atom. The Labute approximate surface area is 89.3 Å². The minimum absolute atomic E-state index is 0.602. The average molecular weight is 196 g/mol. The van der Waals surface area contributed by atoms with Gasteiger partial charge in [-0.15, -0.1) is 6.42 Å². The van der Waals surface area contributed by atoms with E-state index in [1.165, 1.54) is 5.56 Å². The zero-order valence-corrected chi connectivity index (χ0v) is 8.40. The van der Waals surface area contributed by atoms with Crippen molar-refractivity contribution in [3.05, 3.63) is 42.1 Å². The van der Waals surface area contributed by atoms with Crippen LogP contribution in [0, 0.1) is 12.3 Å². The minimum Gasteiger partial charge on any atom is -0.302 e. The lowest BCUT2D eigenvalue weighted by atomic mass is 10.1. The number of hydrogen-bond donors (Lipinski definition) is 1. The number of pyridine rings is 1. The van der Waals surface area contributed by atoms with Gasteiger partial charge in [-0.25, -0.2) is 0 Å². The number of benzene rings is 1. The molecule has 1 aromatic heterocycles. The standard InChI is InChI=1S/C13H12N2/c1-2-7-14-10-11-5-6-13-12(9-11)4-3-8-15-13/h1,3-6,8-9,14H,7,10H2. The molecular weight excluding hydrogens is 184 g/mol. The number of aromatic nitrogens is 1. The van der Waals surface area contributed by atoms with Gasteiger partial charge in [0.1, 0.15) is 0 Å². The highest BCUT2D eigenvalue weighted by Crippen LogP contribution is 2.12. The smallest absolute Gasteiger partial charge is 0.0702 e. The summed E-state index contributed by atoms with van der Waals surface area (Å²) in [6, 6.07) is 10.2. The van der Waals surface area contributed by atoms with Crippen LogP contribution in [-0.2, 0) is 6.54 Å². The highest BCUT2D eigenvalue weighted by molar-refractivity contribution is 5.78. The van der Waals surface area contributed by atoms with Gasteiger partial charge in [0.2, 0.25) is 0 Å². The molecule has 1 N–H and O–H groups in total. The van der Waals surface area contributed by atoms with Crippen molar-refractivity contribution in [3.8, 4) is 12.3 Å². The van der Waals surface area contributed by atoms with E-state index in [0.29, 0.717) is 6.54 Å². The topological polar surface area (TPSA) is 24.9 Å². The second kappa shape index (κ2) is 4.59. The highest BCUT2D eigenvalue weighted by atomic mass is 14.8. The van der Waals surface area contributed by atoms with Crippen LogP contribution < -0.4 is 5.32 Å². The van der Waals surface area contributed by atoms with Gasteiger partial charge in [0.25, 0.3) is 0 Å². The summed E-state index contributed by atoms with van der Waals surface area (Å²) in [6.45, 7) is 1.40. The van der Waals surface area contributed by atoms with Crippen molar-refractivity contribution in [1.29, 1.82) is 0 Å². The Kier molecular flexibility index (Phi) is 2.96. The van der Waals surface area contributed by atoms with Crippen LogP contribution in [0.5, 0.6) is 0 Å². The first-order chi connectivity index (χ1) is 7.40. The van der Waals surface area contributed by atoms with Crippen molar-refractivity contribution in [3.63, 3.8) is 0 Å². The molecule has 0 unspecified atom stereocenters. The fourth-order valence-electron chi connectivity index (χ4n) is 1.51. The van der Waals surface area contributed by atoms with Crippen LogP contribution in [0.15, 0.2) is 36.5 Å². The van der Waals surface area contributed by atoms with Crippen molar-refractivity contribution in [2.45, 2.75) is 6.54 Å². The number of hydrogen-bond acceptors (Lipinski definition) is 2. The third-order valence-corrected chi connectivity index (χ3v) is 2.22. The molecule has 0 saturated carbocycles. The molecule has 74 valence electrons. The first-order valence-corrected chi connectivity index (χ1v) is 4.88. The quantitative estimate of drug-likeness (QED) is 0.599. The summed E-state index contributed by atoms with van der Waals surface area (Å²) in [4.78, 5) is 4.27. The fraction of sp³-hybridized carbons (Fsp3) is 0.154. The molecule has 15 heavy (non-hydrogen) atoms. The number of nitrogens with zero attached hydrogens (tertiary/aromatic N) is 1. The molecule has 0 aliphatic rings. The normalized spacial score (nSPS) is 10.1. The Morgan fingerprint density at radius 3 is 3.13 bits per heavy atom. The van der Waals surface area contributed by atoms with Gasteiger partial charge in [0, 0.05) is 18.1 Å². The molecular formula is C13H12N2. The first-order valence-electron chi connectivity index (χ1n) is 4.88. The number of terminal acetylenes is 1. The third-order valence-electron chi connectivity index (χ3n) is 2.22. The fourth-order valence-corrected chi connectivity index (χ4v) is 1.51. The molecule has 0 radical (unpaired) electrons. The molecule has 2 heteroatoms. The zero-order valence-electron chi connectivity index (χ0n) is 8.40. The van der Waals surface area contributed by atoms with Crippen molar-refractivity contribution in [2.24, 2.45) is 0 Å². The van der Waals surface area contributed by atoms with Crippen LogP contribution in [0.3, 0.4) is 0 Å². The third kappa shape index (κ3) is 2.34. The van der Waals surface area contributed by atoms with E-state index < -0.39 is 0 Å². The van der Waals surface area contributed by atoms with Gasteiger partial charge < -0.3 is 5.32 Å². The monoisotopic (exact) mass is 196 g/mol. The van der Waals surface area contributed by atoms with Gasteiger partial charge in [0.05, 0.1) is 12.1 Å². The molecule has 0 saturated heterocycles. The summed E-state index contributed by atoms with van der Waals surface area (Å²) < 4.78 is 0. The Balaban J connectivity index is 2.20. The van der Waals surface area contributed by atoms with Crippen molar-refractivity contribution in [1.82, 2.24) is 10.3 Å². The molecule has 0 atom stereocenters. The molecule has 0 fully saturated rings. The predicted molar refractivity (Wildman–Crippen MR) is 62.3 cm³/mol. The average Bonchev–Trinajstić information content (AvgIpc) is 2.29. The van der Waals surface area contributed by atoms with Crippen LogP contribution >= 0.6 is 0 Å². The summed E-state index contributed by atoms with van der Waals surface area (Å²) in [5.74, 6) is 2.55. The van der Waals surface area contributed by atoms with E-state index in [1.54, 1.807) is 6.20 Å². The maximum absolute atomic E-state index is 5.16. The number of fused-ring (bicyclic) bond motifs is 1. The van der Waals surface area contributed by atoms with Crippen LogP contribution in [0.25, 0.3) is 10.9 Å². The molecule has 1 aromatic carbocycles. The van der Waals surface area contributed by atoms with Crippen LogP contribution in [-0.4, -0.2) is 11.5 Å². The molecule has 0 aliphatic carbocycles. The molecule has 0 bridgehead atoms. The van der Waals surface area contributed by atoms with Crippen molar-refractivity contribution in [2.75, 3.05) is 6.54 Å². The van der Waals surface area contributed by atoms with Crippen LogP contribution in [0.1, 0.15) is 5.56 Å². The summed E-state index contributed by atoms with van der Waals surface area (Å²) in [5.41, 5.74) is 2.25. The van der Waals surface area contributed by atoms with Gasteiger partial charge in [0.15, 0.2) is 0 Å². The summed E-state index contributed by atoms with van der Waals surface area (Å²) in [6.07, 6.45) is 6.96. The van der Waals surface area contributed by atoms with E-state index in [-0.39, 0.29) is 0 Å². The van der Waals surface area contributed by atoms with Crippen LogP contribution in [0.2, 0.25) is 0 Å². The second-order valence-corrected chi connectivity index (χ2v) is 3.34. The number of rotatable bonds is 3. The Hall–Kier alpha value is -1.85. The van der Waals surface area contributed by atoms with Gasteiger partial charge >= 0.3 is 0 Å². The largest absolute Gasteiger partial charge is 0.302 e. The molecule has 2 aromatic rings. The minimum atomic E-state index is 0.602. The lowest BCUT2D eigenvalue weighted by Crippen LogP contribution is -2.12. The first kappa shape index (κ1) is 9.70. The molecule has 0 aliphatic heterocycles. The van der Waals surface area contributed by atoms with Gasteiger partial charge in [-0.05, 0) is 23.8 Å². The summed E-state index contributed by atoms with van der Waals surface area (Å²) in [7, 11) is 0. The van der Waals surface area contributed by atoms with E-state index in [9.17, 15) is 0 Å². The zero-order chi connectivity index (χ0) is 10.5.